The first-order valence-corrected chi connectivity index (χ1v) is 6.72. The van der Waals surface area contributed by atoms with Gasteiger partial charge in [-0.15, -0.1) is 11.6 Å². The van der Waals surface area contributed by atoms with Crippen LogP contribution >= 0.6 is 11.6 Å². The van der Waals surface area contributed by atoms with Gasteiger partial charge < -0.3 is 10.1 Å². The summed E-state index contributed by atoms with van der Waals surface area (Å²) in [5, 5.41) is 2.82. The molecule has 1 aromatic carbocycles. The van der Waals surface area contributed by atoms with E-state index in [-0.39, 0.29) is 5.91 Å². The lowest BCUT2D eigenvalue weighted by atomic mass is 10.1. The molecule has 1 N–H and O–H groups in total. The van der Waals surface area contributed by atoms with Gasteiger partial charge in [0.05, 0.1) is 13.2 Å². The molecule has 0 aromatic heterocycles. The summed E-state index contributed by atoms with van der Waals surface area (Å²) < 4.78 is 5.17. The van der Waals surface area contributed by atoms with Crippen LogP contribution in [0.3, 0.4) is 0 Å². The summed E-state index contributed by atoms with van der Waals surface area (Å²) in [6.45, 7) is 3.64. The van der Waals surface area contributed by atoms with Crippen LogP contribution in [0.25, 0.3) is 0 Å². The number of hydrogen-bond acceptors (Lipinski definition) is 2. The van der Waals surface area contributed by atoms with E-state index in [2.05, 4.69) is 24.4 Å². The third kappa shape index (κ3) is 6.62. The van der Waals surface area contributed by atoms with E-state index in [0.29, 0.717) is 32.1 Å². The average Bonchev–Trinajstić information content (AvgIpc) is 2.36. The van der Waals surface area contributed by atoms with Crippen molar-refractivity contribution in [3.05, 3.63) is 35.4 Å². The van der Waals surface area contributed by atoms with Crippen LogP contribution in [-0.2, 0) is 16.0 Å². The monoisotopic (exact) mass is 269 g/mol. The van der Waals surface area contributed by atoms with E-state index in [9.17, 15) is 4.79 Å². The first kappa shape index (κ1) is 15.0. The molecule has 0 spiro atoms. The van der Waals surface area contributed by atoms with Gasteiger partial charge >= 0.3 is 0 Å². The second kappa shape index (κ2) is 8.95. The van der Waals surface area contributed by atoms with Crippen molar-refractivity contribution in [1.29, 1.82) is 0 Å². The number of benzene rings is 1. The van der Waals surface area contributed by atoms with E-state index in [1.54, 1.807) is 0 Å². The number of halogens is 1. The third-order valence-electron chi connectivity index (χ3n) is 2.51. The van der Waals surface area contributed by atoms with E-state index < -0.39 is 0 Å². The Kier molecular flexibility index (Phi) is 7.46. The highest BCUT2D eigenvalue weighted by atomic mass is 35.5. The number of alkyl halides is 1. The van der Waals surface area contributed by atoms with E-state index in [1.165, 1.54) is 11.1 Å². The molecule has 0 unspecified atom stereocenters. The Bertz CT molecular complexity index is 369. The first-order valence-electron chi connectivity index (χ1n) is 6.18. The number of nitrogens with one attached hydrogen (secondary N) is 1. The lowest BCUT2D eigenvalue weighted by Crippen LogP contribution is -2.27. The minimum atomic E-state index is 0.0611. The van der Waals surface area contributed by atoms with Gasteiger partial charge in [0.25, 0.3) is 0 Å². The highest BCUT2D eigenvalue weighted by molar-refractivity contribution is 6.17. The predicted octanol–water partition coefficient (Wildman–Crippen LogP) is 2.30. The zero-order valence-electron chi connectivity index (χ0n) is 10.7. The normalized spacial score (nSPS) is 10.3. The lowest BCUT2D eigenvalue weighted by molar-refractivity contribution is -0.121. The number of carbonyl (C=O) groups excluding carboxylic acids is 1. The van der Waals surface area contributed by atoms with Crippen molar-refractivity contribution < 1.29 is 9.53 Å². The van der Waals surface area contributed by atoms with Gasteiger partial charge in [-0.1, -0.05) is 29.8 Å². The number of aryl methyl sites for hydroxylation is 2. The van der Waals surface area contributed by atoms with Gasteiger partial charge in [-0.05, 0) is 18.9 Å². The zero-order valence-corrected chi connectivity index (χ0v) is 11.5. The fraction of sp³-hybridized carbons (Fsp3) is 0.500. The fourth-order valence-electron chi connectivity index (χ4n) is 1.63. The Morgan fingerprint density at radius 1 is 1.39 bits per heavy atom. The van der Waals surface area contributed by atoms with Gasteiger partial charge in [0, 0.05) is 18.8 Å². The molecule has 0 fully saturated rings. The van der Waals surface area contributed by atoms with Crippen LogP contribution < -0.4 is 5.32 Å². The molecule has 0 heterocycles. The van der Waals surface area contributed by atoms with Crippen LogP contribution in [0.15, 0.2) is 24.3 Å². The first-order chi connectivity index (χ1) is 8.72. The Labute approximate surface area is 113 Å². The Morgan fingerprint density at radius 2 is 2.22 bits per heavy atom. The lowest BCUT2D eigenvalue weighted by Gasteiger charge is -2.06. The number of carbonyl (C=O) groups is 1. The number of rotatable bonds is 8. The quantitative estimate of drug-likeness (QED) is 0.581. The molecule has 1 amide bonds. The van der Waals surface area contributed by atoms with Crippen molar-refractivity contribution in [2.24, 2.45) is 0 Å². The molecule has 0 saturated carbocycles. The van der Waals surface area contributed by atoms with Gasteiger partial charge in [0.2, 0.25) is 5.91 Å². The second-order valence-electron chi connectivity index (χ2n) is 4.14. The topological polar surface area (TPSA) is 38.3 Å². The maximum absolute atomic E-state index is 11.5. The van der Waals surface area contributed by atoms with Crippen LogP contribution in [0, 0.1) is 6.92 Å². The summed E-state index contributed by atoms with van der Waals surface area (Å²) in [4.78, 5) is 11.5. The van der Waals surface area contributed by atoms with Crippen molar-refractivity contribution in [2.75, 3.05) is 25.6 Å². The molecule has 0 atom stereocenters. The number of hydrogen-bond donors (Lipinski definition) is 1. The average molecular weight is 270 g/mol. The summed E-state index contributed by atoms with van der Waals surface area (Å²) in [5.74, 6) is 0.548. The summed E-state index contributed by atoms with van der Waals surface area (Å²) >= 11 is 5.46. The molecule has 1 aromatic rings. The summed E-state index contributed by atoms with van der Waals surface area (Å²) in [6.07, 6.45) is 1.29. The molecule has 18 heavy (non-hydrogen) atoms. The molecule has 4 heteroatoms. The molecule has 3 nitrogen and oxygen atoms in total. The largest absolute Gasteiger partial charge is 0.378 e. The van der Waals surface area contributed by atoms with Gasteiger partial charge in [0.15, 0.2) is 0 Å². The van der Waals surface area contributed by atoms with E-state index >= 15 is 0 Å². The Morgan fingerprint density at radius 3 is 2.94 bits per heavy atom. The summed E-state index contributed by atoms with van der Waals surface area (Å²) in [5.41, 5.74) is 2.42. The van der Waals surface area contributed by atoms with Crippen LogP contribution in [0.4, 0.5) is 0 Å². The minimum Gasteiger partial charge on any atom is -0.378 e. The molecular weight excluding hydrogens is 250 g/mol. The van der Waals surface area contributed by atoms with Crippen molar-refractivity contribution >= 4 is 17.5 Å². The molecule has 0 aliphatic rings. The van der Waals surface area contributed by atoms with Crippen molar-refractivity contribution in [3.63, 3.8) is 0 Å². The summed E-state index contributed by atoms with van der Waals surface area (Å²) in [7, 11) is 0. The molecule has 0 saturated heterocycles. The molecule has 100 valence electrons. The van der Waals surface area contributed by atoms with Gasteiger partial charge in [-0.25, -0.2) is 0 Å². The van der Waals surface area contributed by atoms with Crippen molar-refractivity contribution in [3.8, 4) is 0 Å². The van der Waals surface area contributed by atoms with E-state index in [0.717, 1.165) is 6.42 Å². The molecule has 0 aliphatic heterocycles. The van der Waals surface area contributed by atoms with Crippen LogP contribution in [-0.4, -0.2) is 31.5 Å². The van der Waals surface area contributed by atoms with Crippen molar-refractivity contribution in [2.45, 2.75) is 19.8 Å². The maximum Gasteiger partial charge on any atom is 0.220 e. The molecule has 0 aliphatic carbocycles. The van der Waals surface area contributed by atoms with Crippen LogP contribution in [0.5, 0.6) is 0 Å². The van der Waals surface area contributed by atoms with Crippen LogP contribution in [0.2, 0.25) is 0 Å². The second-order valence-corrected chi connectivity index (χ2v) is 4.52. The summed E-state index contributed by atoms with van der Waals surface area (Å²) in [6, 6.07) is 8.22. The molecule has 0 radical (unpaired) electrons. The highest BCUT2D eigenvalue weighted by Crippen LogP contribution is 2.06. The SMILES string of the molecule is Cc1cccc(CCC(=O)NCCOCCCl)c1. The molecule has 1 rings (SSSR count). The zero-order chi connectivity index (χ0) is 13.2. The van der Waals surface area contributed by atoms with Gasteiger partial charge in [-0.3, -0.25) is 4.79 Å². The smallest absolute Gasteiger partial charge is 0.220 e. The maximum atomic E-state index is 11.5. The molecule has 0 bridgehead atoms. The van der Waals surface area contributed by atoms with Gasteiger partial charge in [0.1, 0.15) is 0 Å². The highest BCUT2D eigenvalue weighted by Gasteiger charge is 2.01. The van der Waals surface area contributed by atoms with Crippen LogP contribution in [0.1, 0.15) is 17.5 Å². The van der Waals surface area contributed by atoms with E-state index in [1.807, 2.05) is 12.1 Å². The predicted molar refractivity (Wildman–Crippen MR) is 74.0 cm³/mol. The fourth-order valence-corrected chi connectivity index (χ4v) is 1.74. The minimum absolute atomic E-state index is 0.0611. The number of ether oxygens (including phenoxy) is 1. The van der Waals surface area contributed by atoms with E-state index in [4.69, 9.17) is 16.3 Å². The Hall–Kier alpha value is -1.06. The van der Waals surface area contributed by atoms with Gasteiger partial charge in [-0.2, -0.15) is 0 Å². The standard InChI is InChI=1S/C14H20ClNO2/c1-12-3-2-4-13(11-12)5-6-14(17)16-8-10-18-9-7-15/h2-4,11H,5-10H2,1H3,(H,16,17). The third-order valence-corrected chi connectivity index (χ3v) is 2.67. The molecular formula is C14H20ClNO2. The Balaban J connectivity index is 2.13. The van der Waals surface area contributed by atoms with Crippen molar-refractivity contribution in [1.82, 2.24) is 5.32 Å². The number of amides is 1.